The quantitative estimate of drug-likeness (QED) is 0.294. The minimum Gasteiger partial charge on any atom is -0.490 e. The highest BCUT2D eigenvalue weighted by Gasteiger charge is 2.36. The molecule has 0 bridgehead atoms. The summed E-state index contributed by atoms with van der Waals surface area (Å²) < 4.78 is 92.9. The molecule has 1 N–H and O–H groups in total. The van der Waals surface area contributed by atoms with Crippen LogP contribution in [0.1, 0.15) is 5.56 Å². The smallest absolute Gasteiger partial charge is 0.419 e. The molecule has 0 aliphatic rings. The third kappa shape index (κ3) is 4.20. The first-order valence-electron chi connectivity index (χ1n) is 9.28. The van der Waals surface area contributed by atoms with Crippen LogP contribution in [0.5, 0.6) is 17.2 Å². The van der Waals surface area contributed by atoms with E-state index in [0.717, 1.165) is 19.2 Å². The van der Waals surface area contributed by atoms with Crippen molar-refractivity contribution >= 4 is 26.8 Å². The minimum absolute atomic E-state index is 0.110. The molecule has 0 spiro atoms. The summed E-state index contributed by atoms with van der Waals surface area (Å²) in [6, 6.07) is 3.52. The van der Waals surface area contributed by atoms with Gasteiger partial charge >= 0.3 is 6.18 Å². The van der Waals surface area contributed by atoms with Crippen LogP contribution in [0, 0.1) is 17.5 Å². The van der Waals surface area contributed by atoms with E-state index in [9.17, 15) is 31.1 Å². The van der Waals surface area contributed by atoms with Gasteiger partial charge in [0.25, 0.3) is 0 Å². The molecule has 0 amide bonds. The van der Waals surface area contributed by atoms with Crippen molar-refractivity contribution in [2.45, 2.75) is 6.18 Å². The average Bonchev–Trinajstić information content (AvgIpc) is 2.76. The molecule has 0 saturated carbocycles. The number of benzene rings is 2. The number of halogens is 7. The van der Waals surface area contributed by atoms with E-state index in [1.165, 1.54) is 12.4 Å². The zero-order valence-corrected chi connectivity index (χ0v) is 18.4. The van der Waals surface area contributed by atoms with Gasteiger partial charge in [-0.2, -0.15) is 17.6 Å². The highest BCUT2D eigenvalue weighted by molar-refractivity contribution is 9.10. The van der Waals surface area contributed by atoms with E-state index in [1.807, 2.05) is 0 Å². The molecule has 0 radical (unpaired) electrons. The van der Waals surface area contributed by atoms with Gasteiger partial charge in [-0.1, -0.05) is 0 Å². The summed E-state index contributed by atoms with van der Waals surface area (Å²) in [6.07, 6.45) is -2.42. The summed E-state index contributed by atoms with van der Waals surface area (Å²) in [4.78, 5) is 19.4. The Morgan fingerprint density at radius 2 is 1.74 bits per heavy atom. The molecule has 4 rings (SSSR count). The predicted molar refractivity (Wildman–Crippen MR) is 113 cm³/mol. The number of hydrogen-bond donors (Lipinski definition) is 1. The first-order chi connectivity index (χ1) is 16.0. The van der Waals surface area contributed by atoms with Gasteiger partial charge in [0.1, 0.15) is 11.6 Å². The SMILES string of the molecule is COc1c(Oc2cc(C(F)(F)F)c(F)cc2-c2cc(=O)c3c(Br)cncc3[nH]2)ccc(F)c1F. The van der Waals surface area contributed by atoms with Crippen molar-refractivity contribution < 1.29 is 35.8 Å². The van der Waals surface area contributed by atoms with Crippen LogP contribution in [0.2, 0.25) is 0 Å². The highest BCUT2D eigenvalue weighted by Crippen LogP contribution is 2.43. The number of aromatic amines is 1. The van der Waals surface area contributed by atoms with Gasteiger partial charge in [-0.15, -0.1) is 0 Å². The third-order valence-corrected chi connectivity index (χ3v) is 5.39. The van der Waals surface area contributed by atoms with Crippen LogP contribution in [0.3, 0.4) is 0 Å². The van der Waals surface area contributed by atoms with Gasteiger partial charge in [-0.25, -0.2) is 8.78 Å². The van der Waals surface area contributed by atoms with Crippen LogP contribution in [-0.2, 0) is 6.18 Å². The fraction of sp³-hybridized carbons (Fsp3) is 0.0909. The van der Waals surface area contributed by atoms with E-state index >= 15 is 0 Å². The second-order valence-corrected chi connectivity index (χ2v) is 7.77. The summed E-state index contributed by atoms with van der Waals surface area (Å²) in [7, 11) is 1.00. The van der Waals surface area contributed by atoms with Crippen molar-refractivity contribution in [3.63, 3.8) is 0 Å². The summed E-state index contributed by atoms with van der Waals surface area (Å²) in [5.41, 5.74) is -2.42. The van der Waals surface area contributed by atoms with Crippen molar-refractivity contribution in [3.05, 3.63) is 80.4 Å². The highest BCUT2D eigenvalue weighted by atomic mass is 79.9. The second-order valence-electron chi connectivity index (χ2n) is 6.91. The van der Waals surface area contributed by atoms with Gasteiger partial charge in [0.15, 0.2) is 17.0 Å². The Labute approximate surface area is 195 Å². The lowest BCUT2D eigenvalue weighted by Gasteiger charge is -2.17. The summed E-state index contributed by atoms with van der Waals surface area (Å²) in [5.74, 6) is -6.15. The van der Waals surface area contributed by atoms with E-state index in [-0.39, 0.29) is 22.2 Å². The fourth-order valence-corrected chi connectivity index (χ4v) is 3.81. The molecule has 5 nitrogen and oxygen atoms in total. The number of hydrogen-bond acceptors (Lipinski definition) is 4. The largest absolute Gasteiger partial charge is 0.490 e. The number of rotatable bonds is 4. The van der Waals surface area contributed by atoms with Crippen LogP contribution in [0.25, 0.3) is 22.2 Å². The number of nitrogens with one attached hydrogen (secondary N) is 1. The van der Waals surface area contributed by atoms with Gasteiger partial charge in [0.2, 0.25) is 11.6 Å². The first-order valence-corrected chi connectivity index (χ1v) is 10.1. The maximum Gasteiger partial charge on any atom is 0.419 e. The van der Waals surface area contributed by atoms with E-state index in [0.29, 0.717) is 22.7 Å². The first kappa shape index (κ1) is 23.6. The number of fused-ring (bicyclic) bond motifs is 1. The van der Waals surface area contributed by atoms with Crippen LogP contribution < -0.4 is 14.9 Å². The molecule has 0 saturated heterocycles. The second kappa shape index (κ2) is 8.67. The molecule has 0 aliphatic heterocycles. The number of H-pyrrole nitrogens is 1. The number of methoxy groups -OCH3 is 1. The molecule has 4 aromatic rings. The van der Waals surface area contributed by atoms with Crippen LogP contribution in [-0.4, -0.2) is 17.1 Å². The Balaban J connectivity index is 1.98. The molecular formula is C22H11BrF6N2O3. The number of alkyl halides is 3. The lowest BCUT2D eigenvalue weighted by atomic mass is 10.0. The molecule has 2 aromatic heterocycles. The lowest BCUT2D eigenvalue weighted by Crippen LogP contribution is -2.10. The Bertz CT molecular complexity index is 1490. The van der Waals surface area contributed by atoms with Crippen LogP contribution in [0.4, 0.5) is 26.3 Å². The summed E-state index contributed by atoms with van der Waals surface area (Å²) in [6.45, 7) is 0. The number of ether oxygens (including phenoxy) is 2. The number of nitrogens with zero attached hydrogens (tertiary/aromatic N) is 1. The van der Waals surface area contributed by atoms with Crippen LogP contribution in [0.15, 0.2) is 52.0 Å². The van der Waals surface area contributed by atoms with E-state index in [2.05, 4.69) is 25.9 Å². The Morgan fingerprint density at radius 3 is 2.41 bits per heavy atom. The molecule has 34 heavy (non-hydrogen) atoms. The van der Waals surface area contributed by atoms with Crippen LogP contribution >= 0.6 is 15.9 Å². The monoisotopic (exact) mass is 544 g/mol. The van der Waals surface area contributed by atoms with Gasteiger partial charge < -0.3 is 14.5 Å². The van der Waals surface area contributed by atoms with Crippen molar-refractivity contribution in [3.8, 4) is 28.5 Å². The molecule has 0 fully saturated rings. The molecule has 0 aliphatic carbocycles. The van der Waals surface area contributed by atoms with E-state index < -0.39 is 51.9 Å². The van der Waals surface area contributed by atoms with Crippen molar-refractivity contribution in [1.29, 1.82) is 0 Å². The number of aromatic nitrogens is 2. The molecule has 2 aromatic carbocycles. The van der Waals surface area contributed by atoms with Crippen molar-refractivity contribution in [1.82, 2.24) is 9.97 Å². The third-order valence-electron chi connectivity index (χ3n) is 4.79. The van der Waals surface area contributed by atoms with E-state index in [1.54, 1.807) is 0 Å². The standard InChI is InChI=1S/C22H11BrF6N2O3/c1-33-21-17(3-2-12(24)20(21)26)34-18-5-10(22(27,28)29)13(25)4-9(18)14-6-16(32)19-11(23)7-30-8-15(19)31-14/h2-8H,1H3,(H,31,32). The van der Waals surface area contributed by atoms with Crippen molar-refractivity contribution in [2.24, 2.45) is 0 Å². The zero-order chi connectivity index (χ0) is 24.8. The normalized spacial score (nSPS) is 11.6. The molecular weight excluding hydrogens is 534 g/mol. The predicted octanol–water partition coefficient (Wildman–Crippen LogP) is 6.59. The molecule has 0 atom stereocenters. The minimum atomic E-state index is -5.09. The average molecular weight is 545 g/mol. The molecule has 176 valence electrons. The molecule has 0 unspecified atom stereocenters. The Kier molecular flexibility index (Phi) is 6.02. The van der Waals surface area contributed by atoms with Gasteiger partial charge in [0, 0.05) is 22.3 Å². The number of pyridine rings is 2. The summed E-state index contributed by atoms with van der Waals surface area (Å²) in [5, 5.41) is 0.205. The topological polar surface area (TPSA) is 64.2 Å². The molecule has 12 heteroatoms. The maximum atomic E-state index is 14.5. The van der Waals surface area contributed by atoms with Gasteiger partial charge in [0.05, 0.1) is 35.5 Å². The Hall–Kier alpha value is -3.54. The van der Waals surface area contributed by atoms with Crippen molar-refractivity contribution in [2.75, 3.05) is 7.11 Å². The molecule has 2 heterocycles. The summed E-state index contributed by atoms with van der Waals surface area (Å²) >= 11 is 3.19. The van der Waals surface area contributed by atoms with Gasteiger partial charge in [-0.05, 0) is 40.2 Å². The van der Waals surface area contributed by atoms with E-state index in [4.69, 9.17) is 9.47 Å². The zero-order valence-electron chi connectivity index (χ0n) is 16.9. The lowest BCUT2D eigenvalue weighted by molar-refractivity contribution is -0.140. The fourth-order valence-electron chi connectivity index (χ4n) is 3.28. The Morgan fingerprint density at radius 1 is 1.00 bits per heavy atom. The van der Waals surface area contributed by atoms with Gasteiger partial charge in [-0.3, -0.25) is 9.78 Å². The maximum absolute atomic E-state index is 14.5.